The van der Waals surface area contributed by atoms with Gasteiger partial charge in [0.05, 0.1) is 28.9 Å². The van der Waals surface area contributed by atoms with Gasteiger partial charge in [0.15, 0.2) is 0 Å². The molecular weight excluding hydrogens is 414 g/mol. The zero-order valence-electron chi connectivity index (χ0n) is 18.2. The van der Waals surface area contributed by atoms with Crippen LogP contribution in [0.2, 0.25) is 0 Å². The Morgan fingerprint density at radius 2 is 1.81 bits per heavy atom. The number of hydrogen-bond donors (Lipinski definition) is 0. The SMILES string of the molecule is CCN(CC)S(=O)(=O)c1ccc2c(c1)N(Cc1ccc(C(=O)OC)cc1)[C@H]1CCCN21. The van der Waals surface area contributed by atoms with Gasteiger partial charge in [0, 0.05) is 26.2 Å². The van der Waals surface area contributed by atoms with Crippen molar-refractivity contribution in [3.63, 3.8) is 0 Å². The second-order valence-corrected chi connectivity index (χ2v) is 9.81. The smallest absolute Gasteiger partial charge is 0.337 e. The van der Waals surface area contributed by atoms with Gasteiger partial charge in [0.25, 0.3) is 0 Å². The molecule has 166 valence electrons. The van der Waals surface area contributed by atoms with Crippen molar-refractivity contribution in [2.24, 2.45) is 0 Å². The molecule has 0 unspecified atom stereocenters. The molecule has 1 saturated heterocycles. The fraction of sp³-hybridized carbons (Fsp3) is 0.435. The first-order chi connectivity index (χ1) is 14.9. The maximum absolute atomic E-state index is 13.1. The van der Waals surface area contributed by atoms with Crippen molar-refractivity contribution in [2.45, 2.75) is 44.3 Å². The van der Waals surface area contributed by atoms with Crippen LogP contribution in [-0.2, 0) is 21.3 Å². The largest absolute Gasteiger partial charge is 0.465 e. The lowest BCUT2D eigenvalue weighted by Gasteiger charge is -2.28. The van der Waals surface area contributed by atoms with E-state index in [1.165, 1.54) is 11.4 Å². The third-order valence-electron chi connectivity index (χ3n) is 6.22. The Morgan fingerprint density at radius 3 is 2.45 bits per heavy atom. The van der Waals surface area contributed by atoms with Crippen LogP contribution in [0.4, 0.5) is 11.4 Å². The molecule has 0 aromatic heterocycles. The Bertz CT molecular complexity index is 1060. The number of hydrogen-bond acceptors (Lipinski definition) is 6. The third kappa shape index (κ3) is 3.78. The van der Waals surface area contributed by atoms with Gasteiger partial charge in [-0.15, -0.1) is 0 Å². The standard InChI is InChI=1S/C23H29N3O4S/c1-4-24(5-2)31(28,29)19-12-13-20-21(15-19)26(22-7-6-14-25(20)22)16-17-8-10-18(11-9-17)23(27)30-3/h8-13,15,22H,4-7,14,16H2,1-3H3/t22-/m0/s1. The van der Waals surface area contributed by atoms with E-state index in [4.69, 9.17) is 4.74 Å². The second kappa shape index (κ2) is 8.51. The molecule has 8 heteroatoms. The summed E-state index contributed by atoms with van der Waals surface area (Å²) in [5.41, 5.74) is 3.62. The summed E-state index contributed by atoms with van der Waals surface area (Å²) in [6.45, 7) is 6.22. The minimum absolute atomic E-state index is 0.224. The van der Waals surface area contributed by atoms with Crippen molar-refractivity contribution in [1.82, 2.24) is 4.31 Å². The molecule has 7 nitrogen and oxygen atoms in total. The number of fused-ring (bicyclic) bond motifs is 3. The minimum Gasteiger partial charge on any atom is -0.465 e. The number of methoxy groups -OCH3 is 1. The summed E-state index contributed by atoms with van der Waals surface area (Å²) in [5.74, 6) is -0.355. The second-order valence-electron chi connectivity index (χ2n) is 7.87. The predicted octanol–water partition coefficient (Wildman–Crippen LogP) is 3.45. The Kier molecular flexibility index (Phi) is 5.94. The van der Waals surface area contributed by atoms with Crippen molar-refractivity contribution in [3.05, 3.63) is 53.6 Å². The van der Waals surface area contributed by atoms with E-state index in [9.17, 15) is 13.2 Å². The molecule has 4 rings (SSSR count). The van der Waals surface area contributed by atoms with Crippen LogP contribution in [0.1, 0.15) is 42.6 Å². The van der Waals surface area contributed by atoms with Crippen LogP contribution in [-0.4, -0.2) is 51.6 Å². The van der Waals surface area contributed by atoms with Crippen molar-refractivity contribution in [2.75, 3.05) is 36.5 Å². The van der Waals surface area contributed by atoms with E-state index in [0.29, 0.717) is 30.1 Å². The van der Waals surface area contributed by atoms with Crippen LogP contribution in [0.5, 0.6) is 0 Å². The molecule has 0 bridgehead atoms. The Balaban J connectivity index is 1.68. The molecule has 2 aliphatic rings. The van der Waals surface area contributed by atoms with E-state index < -0.39 is 10.0 Å². The van der Waals surface area contributed by atoms with Gasteiger partial charge in [0.2, 0.25) is 10.0 Å². The third-order valence-corrected chi connectivity index (χ3v) is 8.26. The molecular formula is C23H29N3O4S. The lowest BCUT2D eigenvalue weighted by molar-refractivity contribution is 0.0600. The van der Waals surface area contributed by atoms with E-state index >= 15 is 0 Å². The molecule has 0 saturated carbocycles. The minimum atomic E-state index is -3.52. The van der Waals surface area contributed by atoms with Crippen LogP contribution in [0, 0.1) is 0 Å². The number of benzene rings is 2. The number of carbonyl (C=O) groups is 1. The predicted molar refractivity (Wildman–Crippen MR) is 121 cm³/mol. The van der Waals surface area contributed by atoms with Gasteiger partial charge < -0.3 is 14.5 Å². The van der Waals surface area contributed by atoms with Crippen LogP contribution < -0.4 is 9.80 Å². The molecule has 0 aliphatic carbocycles. The first kappa shape index (κ1) is 21.6. The molecule has 0 N–H and O–H groups in total. The number of anilines is 2. The van der Waals surface area contributed by atoms with Gasteiger partial charge in [-0.3, -0.25) is 0 Å². The molecule has 2 aliphatic heterocycles. The number of rotatable bonds is 7. The monoisotopic (exact) mass is 443 g/mol. The van der Waals surface area contributed by atoms with Crippen molar-refractivity contribution < 1.29 is 17.9 Å². The molecule has 1 fully saturated rings. The van der Waals surface area contributed by atoms with Crippen molar-refractivity contribution >= 4 is 27.4 Å². The summed E-state index contributed by atoms with van der Waals surface area (Å²) >= 11 is 0. The van der Waals surface area contributed by atoms with Crippen LogP contribution in [0.3, 0.4) is 0 Å². The number of nitrogens with zero attached hydrogens (tertiary/aromatic N) is 3. The highest BCUT2D eigenvalue weighted by Gasteiger charge is 2.39. The average molecular weight is 444 g/mol. The molecule has 2 heterocycles. The Hall–Kier alpha value is -2.58. The van der Waals surface area contributed by atoms with Gasteiger partial charge >= 0.3 is 5.97 Å². The summed E-state index contributed by atoms with van der Waals surface area (Å²) in [6.07, 6.45) is 2.37. The van der Waals surface area contributed by atoms with Crippen LogP contribution in [0.15, 0.2) is 47.4 Å². The Labute approximate surface area is 184 Å². The van der Waals surface area contributed by atoms with Crippen molar-refractivity contribution in [3.8, 4) is 0 Å². The van der Waals surface area contributed by atoms with E-state index in [2.05, 4.69) is 9.80 Å². The molecule has 2 aromatic carbocycles. The van der Waals surface area contributed by atoms with E-state index in [-0.39, 0.29) is 12.1 Å². The quantitative estimate of drug-likeness (QED) is 0.611. The molecule has 0 spiro atoms. The van der Waals surface area contributed by atoms with Gasteiger partial charge in [0.1, 0.15) is 6.17 Å². The highest BCUT2D eigenvalue weighted by molar-refractivity contribution is 7.89. The maximum Gasteiger partial charge on any atom is 0.337 e. The number of sulfonamides is 1. The highest BCUT2D eigenvalue weighted by atomic mass is 32.2. The molecule has 0 amide bonds. The summed E-state index contributed by atoms with van der Waals surface area (Å²) in [6, 6.07) is 12.9. The summed E-state index contributed by atoms with van der Waals surface area (Å²) in [5, 5.41) is 0. The topological polar surface area (TPSA) is 70.2 Å². The van der Waals surface area contributed by atoms with Gasteiger partial charge in [-0.25, -0.2) is 13.2 Å². The molecule has 1 atom stereocenters. The number of ether oxygens (including phenoxy) is 1. The Morgan fingerprint density at radius 1 is 1.10 bits per heavy atom. The lowest BCUT2D eigenvalue weighted by Crippen LogP contribution is -2.38. The first-order valence-corrected chi connectivity index (χ1v) is 12.2. The van der Waals surface area contributed by atoms with Gasteiger partial charge in [-0.1, -0.05) is 26.0 Å². The maximum atomic E-state index is 13.1. The van der Waals surface area contributed by atoms with E-state index in [1.54, 1.807) is 18.2 Å². The first-order valence-electron chi connectivity index (χ1n) is 10.8. The van der Waals surface area contributed by atoms with Gasteiger partial charge in [-0.05, 0) is 48.7 Å². The molecule has 2 aromatic rings. The van der Waals surface area contributed by atoms with E-state index in [1.807, 2.05) is 38.1 Å². The summed E-state index contributed by atoms with van der Waals surface area (Å²) < 4.78 is 32.4. The summed E-state index contributed by atoms with van der Waals surface area (Å²) in [7, 11) is -2.15. The summed E-state index contributed by atoms with van der Waals surface area (Å²) in [4.78, 5) is 16.7. The van der Waals surface area contributed by atoms with Crippen LogP contribution >= 0.6 is 0 Å². The van der Waals surface area contributed by atoms with Crippen LogP contribution in [0.25, 0.3) is 0 Å². The average Bonchev–Trinajstić information content (AvgIpc) is 3.36. The highest BCUT2D eigenvalue weighted by Crippen LogP contribution is 2.45. The number of esters is 1. The van der Waals surface area contributed by atoms with Crippen molar-refractivity contribution in [1.29, 1.82) is 0 Å². The lowest BCUT2D eigenvalue weighted by atomic mass is 10.1. The van der Waals surface area contributed by atoms with E-state index in [0.717, 1.165) is 36.3 Å². The zero-order chi connectivity index (χ0) is 22.2. The zero-order valence-corrected chi connectivity index (χ0v) is 19.1. The van der Waals surface area contributed by atoms with Gasteiger partial charge in [-0.2, -0.15) is 4.31 Å². The fourth-order valence-electron chi connectivity index (χ4n) is 4.62. The molecule has 0 radical (unpaired) electrons. The molecule has 31 heavy (non-hydrogen) atoms. The normalized spacial score (nSPS) is 17.7. The fourth-order valence-corrected chi connectivity index (χ4v) is 6.09. The number of carbonyl (C=O) groups excluding carboxylic acids is 1.